The summed E-state index contributed by atoms with van der Waals surface area (Å²) in [4.78, 5) is 0. The van der Waals surface area contributed by atoms with E-state index in [1.54, 1.807) is 0 Å². The van der Waals surface area contributed by atoms with Gasteiger partial charge in [0.05, 0.1) is 5.56 Å². The molecular formula is C23H35NO2. The largest absolute Gasteiger partial charge is 0.507 e. The van der Waals surface area contributed by atoms with Crippen LogP contribution in [0.2, 0.25) is 0 Å². The second-order valence-corrected chi connectivity index (χ2v) is 8.62. The van der Waals surface area contributed by atoms with Gasteiger partial charge in [0.1, 0.15) is 17.1 Å². The maximum Gasteiger partial charge on any atom is 0.132 e. The van der Waals surface area contributed by atoms with Crippen LogP contribution in [0.5, 0.6) is 11.5 Å². The Morgan fingerprint density at radius 1 is 1.23 bits per heavy atom. The van der Waals surface area contributed by atoms with E-state index in [1.165, 1.54) is 48.8 Å². The minimum atomic E-state index is -0.289. The second-order valence-electron chi connectivity index (χ2n) is 8.62. The lowest BCUT2D eigenvalue weighted by Gasteiger charge is -2.40. The Bertz CT molecular complexity index is 675. The molecule has 3 rings (SSSR count). The van der Waals surface area contributed by atoms with Crippen molar-refractivity contribution in [3.8, 4) is 11.5 Å². The van der Waals surface area contributed by atoms with E-state index in [1.807, 2.05) is 6.07 Å². The summed E-state index contributed by atoms with van der Waals surface area (Å²) >= 11 is 0. The number of phenolic OH excluding ortho intramolecular Hbond substituents is 1. The van der Waals surface area contributed by atoms with Gasteiger partial charge < -0.3 is 15.2 Å². The number of fused-ring (bicyclic) bond motifs is 2. The third-order valence-electron chi connectivity index (χ3n) is 5.98. The molecule has 0 aliphatic carbocycles. The van der Waals surface area contributed by atoms with Crippen LogP contribution in [0.25, 0.3) is 5.57 Å². The first kappa shape index (κ1) is 19.3. The summed E-state index contributed by atoms with van der Waals surface area (Å²) in [7, 11) is 0. The van der Waals surface area contributed by atoms with Crippen molar-refractivity contribution in [3.05, 3.63) is 28.8 Å². The van der Waals surface area contributed by atoms with Crippen molar-refractivity contribution < 1.29 is 9.84 Å². The van der Waals surface area contributed by atoms with E-state index >= 15 is 0 Å². The molecule has 0 aromatic heterocycles. The Balaban J connectivity index is 1.77. The zero-order valence-electron chi connectivity index (χ0n) is 17.0. The molecule has 0 fully saturated rings. The van der Waals surface area contributed by atoms with Crippen molar-refractivity contribution in [2.45, 2.75) is 78.2 Å². The summed E-state index contributed by atoms with van der Waals surface area (Å²) < 4.78 is 6.35. The van der Waals surface area contributed by atoms with Gasteiger partial charge in [0.25, 0.3) is 0 Å². The van der Waals surface area contributed by atoms with Crippen LogP contribution in [0.3, 0.4) is 0 Å². The molecule has 1 aromatic carbocycles. The Morgan fingerprint density at radius 3 is 2.81 bits per heavy atom. The predicted molar refractivity (Wildman–Crippen MR) is 109 cm³/mol. The molecule has 0 spiro atoms. The normalized spacial score (nSPS) is 19.5. The van der Waals surface area contributed by atoms with Crippen LogP contribution in [0.15, 0.2) is 17.7 Å². The minimum absolute atomic E-state index is 0.289. The Labute approximate surface area is 158 Å². The SMILES string of the molecule is CCCCCC(C)CCc1cc(O)c2c(c1)OC(C)(C)C1=C2CNCC1. The quantitative estimate of drug-likeness (QED) is 0.637. The Morgan fingerprint density at radius 2 is 2.04 bits per heavy atom. The van der Waals surface area contributed by atoms with E-state index in [0.717, 1.165) is 43.2 Å². The lowest BCUT2D eigenvalue weighted by molar-refractivity contribution is 0.137. The predicted octanol–water partition coefficient (Wildman–Crippen LogP) is 5.46. The van der Waals surface area contributed by atoms with Crippen LogP contribution >= 0.6 is 0 Å². The Hall–Kier alpha value is -1.48. The highest BCUT2D eigenvalue weighted by Crippen LogP contribution is 2.47. The summed E-state index contributed by atoms with van der Waals surface area (Å²) in [5.74, 6) is 1.96. The van der Waals surface area contributed by atoms with Crippen LogP contribution in [-0.2, 0) is 6.42 Å². The van der Waals surface area contributed by atoms with E-state index in [9.17, 15) is 5.11 Å². The zero-order valence-corrected chi connectivity index (χ0v) is 17.0. The average molecular weight is 358 g/mol. The van der Waals surface area contributed by atoms with E-state index < -0.39 is 0 Å². The summed E-state index contributed by atoms with van der Waals surface area (Å²) in [5, 5.41) is 14.2. The first-order valence-electron chi connectivity index (χ1n) is 10.4. The molecule has 3 heteroatoms. The van der Waals surface area contributed by atoms with Gasteiger partial charge in [0, 0.05) is 6.54 Å². The highest BCUT2D eigenvalue weighted by molar-refractivity contribution is 5.82. The van der Waals surface area contributed by atoms with Crippen molar-refractivity contribution in [2.75, 3.05) is 13.1 Å². The summed E-state index contributed by atoms with van der Waals surface area (Å²) in [5.41, 5.74) is 4.37. The summed E-state index contributed by atoms with van der Waals surface area (Å²) in [6.07, 6.45) is 8.40. The number of ether oxygens (including phenoxy) is 1. The molecule has 2 N–H and O–H groups in total. The number of rotatable bonds is 7. The number of hydrogen-bond donors (Lipinski definition) is 2. The standard InChI is InChI=1S/C23H35NO2/c1-5-6-7-8-16(2)9-10-17-13-20(25)22-18-15-24-12-11-19(18)23(3,4)26-21(22)14-17/h13-14,16,24-25H,5-12,15H2,1-4H3. The molecule has 2 aliphatic heterocycles. The van der Waals surface area contributed by atoms with Crippen LogP contribution < -0.4 is 10.1 Å². The fourth-order valence-corrected chi connectivity index (χ4v) is 4.41. The van der Waals surface area contributed by atoms with Crippen LogP contribution in [0, 0.1) is 5.92 Å². The van der Waals surface area contributed by atoms with E-state index in [4.69, 9.17) is 4.74 Å². The third kappa shape index (κ3) is 4.09. The number of aryl methyl sites for hydroxylation is 1. The minimum Gasteiger partial charge on any atom is -0.507 e. The molecule has 1 atom stereocenters. The molecule has 26 heavy (non-hydrogen) atoms. The topological polar surface area (TPSA) is 41.5 Å². The van der Waals surface area contributed by atoms with Crippen molar-refractivity contribution in [1.29, 1.82) is 0 Å². The molecule has 0 saturated heterocycles. The van der Waals surface area contributed by atoms with Crippen LogP contribution in [-0.4, -0.2) is 23.8 Å². The molecule has 0 bridgehead atoms. The first-order valence-corrected chi connectivity index (χ1v) is 10.4. The maximum absolute atomic E-state index is 10.7. The van der Waals surface area contributed by atoms with Gasteiger partial charge in [-0.15, -0.1) is 0 Å². The maximum atomic E-state index is 10.7. The number of unbranched alkanes of at least 4 members (excludes halogenated alkanes) is 2. The van der Waals surface area contributed by atoms with Gasteiger partial charge in [-0.05, 0) is 74.4 Å². The van der Waals surface area contributed by atoms with Crippen molar-refractivity contribution in [2.24, 2.45) is 5.92 Å². The first-order chi connectivity index (χ1) is 12.4. The molecule has 3 nitrogen and oxygen atoms in total. The van der Waals surface area contributed by atoms with Crippen LogP contribution in [0.4, 0.5) is 0 Å². The fraction of sp³-hybridized carbons (Fsp3) is 0.652. The molecule has 0 amide bonds. The van der Waals surface area contributed by atoms with Gasteiger partial charge in [0.2, 0.25) is 0 Å². The molecule has 2 aliphatic rings. The van der Waals surface area contributed by atoms with Gasteiger partial charge in [-0.2, -0.15) is 0 Å². The average Bonchev–Trinajstić information content (AvgIpc) is 2.59. The number of aromatic hydroxyl groups is 1. The lowest BCUT2D eigenvalue weighted by Crippen LogP contribution is -2.40. The second kappa shape index (κ2) is 8.04. The van der Waals surface area contributed by atoms with Gasteiger partial charge in [-0.1, -0.05) is 39.5 Å². The summed E-state index contributed by atoms with van der Waals surface area (Å²) in [6.45, 7) is 10.7. The molecule has 144 valence electrons. The molecule has 1 unspecified atom stereocenters. The number of phenols is 1. The van der Waals surface area contributed by atoms with Crippen molar-refractivity contribution in [1.82, 2.24) is 5.32 Å². The van der Waals surface area contributed by atoms with Crippen molar-refractivity contribution >= 4 is 5.57 Å². The highest BCUT2D eigenvalue weighted by atomic mass is 16.5. The fourth-order valence-electron chi connectivity index (χ4n) is 4.41. The molecule has 1 aromatic rings. The molecule has 0 radical (unpaired) electrons. The molecule has 2 heterocycles. The van der Waals surface area contributed by atoms with Gasteiger partial charge >= 0.3 is 0 Å². The highest BCUT2D eigenvalue weighted by Gasteiger charge is 2.37. The zero-order chi connectivity index (χ0) is 18.7. The monoisotopic (exact) mass is 357 g/mol. The van der Waals surface area contributed by atoms with E-state index in [0.29, 0.717) is 5.75 Å². The van der Waals surface area contributed by atoms with Gasteiger partial charge in [-0.25, -0.2) is 0 Å². The number of nitrogens with one attached hydrogen (secondary N) is 1. The Kier molecular flexibility index (Phi) is 5.96. The smallest absolute Gasteiger partial charge is 0.132 e. The van der Waals surface area contributed by atoms with E-state index in [-0.39, 0.29) is 5.60 Å². The van der Waals surface area contributed by atoms with E-state index in [2.05, 4.69) is 39.1 Å². The van der Waals surface area contributed by atoms with Gasteiger partial charge in [-0.3, -0.25) is 0 Å². The number of benzene rings is 1. The molecule has 0 saturated carbocycles. The molecular weight excluding hydrogens is 322 g/mol. The lowest BCUT2D eigenvalue weighted by atomic mass is 9.81. The summed E-state index contributed by atoms with van der Waals surface area (Å²) in [6, 6.07) is 4.12. The third-order valence-corrected chi connectivity index (χ3v) is 5.98. The van der Waals surface area contributed by atoms with Gasteiger partial charge in [0.15, 0.2) is 0 Å². The number of hydrogen-bond acceptors (Lipinski definition) is 3. The van der Waals surface area contributed by atoms with Crippen molar-refractivity contribution in [3.63, 3.8) is 0 Å². The van der Waals surface area contributed by atoms with Crippen LogP contribution in [0.1, 0.15) is 77.3 Å².